The molecule has 0 aliphatic carbocycles. The van der Waals surface area contributed by atoms with Crippen molar-refractivity contribution in [2.75, 3.05) is 43.5 Å². The zero-order valence-electron chi connectivity index (χ0n) is 22.0. The van der Waals surface area contributed by atoms with Gasteiger partial charge in [0.05, 0.1) is 12.6 Å². The van der Waals surface area contributed by atoms with E-state index in [0.29, 0.717) is 17.3 Å². The van der Waals surface area contributed by atoms with E-state index in [1.165, 1.54) is 0 Å². The largest absolute Gasteiger partial charge is 0.495 e. The van der Waals surface area contributed by atoms with E-state index in [1.54, 1.807) is 26.3 Å². The first-order chi connectivity index (χ1) is 18.9. The van der Waals surface area contributed by atoms with Crippen LogP contribution in [0.5, 0.6) is 5.75 Å². The Morgan fingerprint density at radius 1 is 0.974 bits per heavy atom. The van der Waals surface area contributed by atoms with Gasteiger partial charge in [-0.3, -0.25) is 9.59 Å². The second-order valence-corrected chi connectivity index (χ2v) is 9.33. The molecule has 1 saturated heterocycles. The first kappa shape index (κ1) is 25.7. The van der Waals surface area contributed by atoms with Gasteiger partial charge in [-0.05, 0) is 24.3 Å². The predicted molar refractivity (Wildman–Crippen MR) is 154 cm³/mol. The van der Waals surface area contributed by atoms with Gasteiger partial charge in [-0.2, -0.15) is 0 Å². The first-order valence-corrected chi connectivity index (χ1v) is 12.7. The Morgan fingerprint density at radius 2 is 1.67 bits per heavy atom. The lowest BCUT2D eigenvalue weighted by atomic mass is 9.96. The molecule has 0 atom stereocenters. The number of amides is 2. The maximum absolute atomic E-state index is 11.8. The van der Waals surface area contributed by atoms with Gasteiger partial charge in [0.15, 0.2) is 0 Å². The summed E-state index contributed by atoms with van der Waals surface area (Å²) in [5.74, 6) is 0.465. The van der Waals surface area contributed by atoms with Crippen molar-refractivity contribution in [3.63, 3.8) is 0 Å². The number of aromatic nitrogens is 2. The third kappa shape index (κ3) is 5.24. The van der Waals surface area contributed by atoms with Crippen molar-refractivity contribution in [3.8, 4) is 16.9 Å². The van der Waals surface area contributed by atoms with Gasteiger partial charge in [0.25, 0.3) is 0 Å². The third-order valence-corrected chi connectivity index (χ3v) is 6.96. The highest BCUT2D eigenvalue weighted by Gasteiger charge is 2.20. The monoisotopic (exact) mass is 522 g/mol. The lowest BCUT2D eigenvalue weighted by Crippen LogP contribution is -2.48. The van der Waals surface area contributed by atoms with Crippen LogP contribution in [-0.4, -0.2) is 60.0 Å². The fourth-order valence-corrected chi connectivity index (χ4v) is 4.84. The van der Waals surface area contributed by atoms with Gasteiger partial charge in [-0.15, -0.1) is 0 Å². The quantitative estimate of drug-likeness (QED) is 0.350. The molecule has 1 aromatic heterocycles. The number of methoxy groups -OCH3 is 1. The van der Waals surface area contributed by atoms with Crippen molar-refractivity contribution < 1.29 is 14.3 Å². The summed E-state index contributed by atoms with van der Waals surface area (Å²) < 4.78 is 5.70. The Labute approximate surface area is 226 Å². The Balaban J connectivity index is 1.42. The van der Waals surface area contributed by atoms with Crippen molar-refractivity contribution in [3.05, 3.63) is 79.0 Å². The maximum Gasteiger partial charge on any atom is 0.248 e. The van der Waals surface area contributed by atoms with Crippen LogP contribution in [0.4, 0.5) is 17.3 Å². The Hall–Kier alpha value is -4.92. The predicted octanol–water partition coefficient (Wildman–Crippen LogP) is 4.22. The molecular weight excluding hydrogens is 492 g/mol. The molecule has 2 amide bonds. The number of primary amides is 1. The summed E-state index contributed by atoms with van der Waals surface area (Å²) in [6, 6.07) is 19.4. The summed E-state index contributed by atoms with van der Waals surface area (Å²) in [7, 11) is 1.55. The van der Waals surface area contributed by atoms with Gasteiger partial charge < -0.3 is 25.6 Å². The standard InChI is InChI=1S/C30H30N6O3/c1-19(29(31)38)24-7-5-9-26(28(24)39-3)25-8-4-6-21-18-32-30(34-27(21)25)33-22-10-12-23(13-11-22)36-16-14-35(15-17-36)20(2)37/h4-13,18H,1,14-17H2,2-3H3,(H2,31,38)(H,32,33,34). The zero-order valence-corrected chi connectivity index (χ0v) is 22.0. The molecule has 9 heteroatoms. The summed E-state index contributed by atoms with van der Waals surface area (Å²) in [6.07, 6.45) is 1.77. The van der Waals surface area contributed by atoms with Crippen LogP contribution in [-0.2, 0) is 9.59 Å². The first-order valence-electron chi connectivity index (χ1n) is 12.7. The number of anilines is 3. The highest BCUT2D eigenvalue weighted by Crippen LogP contribution is 2.39. The van der Waals surface area contributed by atoms with Crippen LogP contribution in [0.3, 0.4) is 0 Å². The summed E-state index contributed by atoms with van der Waals surface area (Å²) in [4.78, 5) is 36.9. The highest BCUT2D eigenvalue weighted by molar-refractivity contribution is 6.19. The molecule has 39 heavy (non-hydrogen) atoms. The molecule has 1 aliphatic heterocycles. The van der Waals surface area contributed by atoms with E-state index < -0.39 is 5.91 Å². The minimum atomic E-state index is -0.610. The van der Waals surface area contributed by atoms with Crippen LogP contribution in [0, 0.1) is 0 Å². The van der Waals surface area contributed by atoms with Crippen molar-refractivity contribution in [2.24, 2.45) is 5.73 Å². The zero-order chi connectivity index (χ0) is 27.5. The van der Waals surface area contributed by atoms with E-state index in [2.05, 4.69) is 33.9 Å². The molecule has 0 spiro atoms. The van der Waals surface area contributed by atoms with Gasteiger partial charge in [0.2, 0.25) is 17.8 Å². The fraction of sp³-hybridized carbons (Fsp3) is 0.200. The lowest BCUT2D eigenvalue weighted by molar-refractivity contribution is -0.129. The molecule has 198 valence electrons. The number of hydrogen-bond acceptors (Lipinski definition) is 7. The topological polar surface area (TPSA) is 114 Å². The smallest absolute Gasteiger partial charge is 0.248 e. The van der Waals surface area contributed by atoms with Crippen LogP contribution in [0.25, 0.3) is 27.6 Å². The minimum absolute atomic E-state index is 0.120. The lowest BCUT2D eigenvalue weighted by Gasteiger charge is -2.35. The molecule has 1 aliphatic rings. The molecule has 4 aromatic rings. The van der Waals surface area contributed by atoms with Gasteiger partial charge in [0.1, 0.15) is 5.75 Å². The average molecular weight is 523 g/mol. The number of nitrogens with two attached hydrogens (primary N) is 1. The number of para-hydroxylation sites is 2. The molecule has 2 heterocycles. The molecule has 3 aromatic carbocycles. The van der Waals surface area contributed by atoms with E-state index in [1.807, 2.05) is 47.4 Å². The second-order valence-electron chi connectivity index (χ2n) is 9.33. The van der Waals surface area contributed by atoms with Gasteiger partial charge in [-0.25, -0.2) is 9.97 Å². The van der Waals surface area contributed by atoms with Gasteiger partial charge >= 0.3 is 0 Å². The van der Waals surface area contributed by atoms with E-state index in [4.69, 9.17) is 15.5 Å². The van der Waals surface area contributed by atoms with Crippen molar-refractivity contribution in [1.29, 1.82) is 0 Å². The van der Waals surface area contributed by atoms with Crippen molar-refractivity contribution >= 4 is 45.6 Å². The second kappa shape index (κ2) is 10.8. The van der Waals surface area contributed by atoms with Gasteiger partial charge in [-0.1, -0.05) is 43.0 Å². The molecule has 0 unspecified atom stereocenters. The van der Waals surface area contributed by atoms with E-state index in [9.17, 15) is 9.59 Å². The fourth-order valence-electron chi connectivity index (χ4n) is 4.84. The van der Waals surface area contributed by atoms with Crippen LogP contribution in [0.2, 0.25) is 0 Å². The third-order valence-electron chi connectivity index (χ3n) is 6.96. The van der Waals surface area contributed by atoms with Crippen LogP contribution >= 0.6 is 0 Å². The number of hydrogen-bond donors (Lipinski definition) is 2. The van der Waals surface area contributed by atoms with Crippen LogP contribution in [0.15, 0.2) is 73.4 Å². The molecular formula is C30H30N6O3. The summed E-state index contributed by atoms with van der Waals surface area (Å²) in [6.45, 7) is 8.51. The number of carbonyl (C=O) groups excluding carboxylic acids is 2. The normalized spacial score (nSPS) is 13.3. The highest BCUT2D eigenvalue weighted by atomic mass is 16.5. The number of ether oxygens (including phenoxy) is 1. The number of piperazine rings is 1. The Bertz CT molecular complexity index is 1560. The molecule has 0 saturated carbocycles. The van der Waals surface area contributed by atoms with E-state index in [0.717, 1.165) is 59.6 Å². The Morgan fingerprint density at radius 3 is 2.33 bits per heavy atom. The Kier molecular flexibility index (Phi) is 7.14. The molecule has 5 rings (SSSR count). The summed E-state index contributed by atoms with van der Waals surface area (Å²) in [5.41, 5.74) is 10.5. The van der Waals surface area contributed by atoms with Crippen LogP contribution < -0.4 is 20.7 Å². The maximum atomic E-state index is 11.8. The van der Waals surface area contributed by atoms with Crippen LogP contribution in [0.1, 0.15) is 12.5 Å². The SMILES string of the molecule is C=C(C(N)=O)c1cccc(-c2cccc3cnc(Nc4ccc(N5CCN(C(C)=O)CC5)cc4)nc23)c1OC. The number of rotatable bonds is 7. The molecule has 0 bridgehead atoms. The molecule has 0 radical (unpaired) electrons. The minimum Gasteiger partial charge on any atom is -0.495 e. The molecule has 1 fully saturated rings. The van der Waals surface area contributed by atoms with Crippen molar-refractivity contribution in [2.45, 2.75) is 6.92 Å². The number of nitrogens with one attached hydrogen (secondary N) is 1. The van der Waals surface area contributed by atoms with Crippen molar-refractivity contribution in [1.82, 2.24) is 14.9 Å². The molecule has 3 N–H and O–H groups in total. The van der Waals surface area contributed by atoms with E-state index >= 15 is 0 Å². The molecule has 9 nitrogen and oxygen atoms in total. The number of nitrogens with zero attached hydrogens (tertiary/aromatic N) is 4. The average Bonchev–Trinajstić information content (AvgIpc) is 2.96. The van der Waals surface area contributed by atoms with Gasteiger partial charge in [0, 0.05) is 78.3 Å². The number of carbonyl (C=O) groups is 2. The summed E-state index contributed by atoms with van der Waals surface area (Å²) in [5, 5.41) is 4.16. The summed E-state index contributed by atoms with van der Waals surface area (Å²) >= 11 is 0. The number of fused-ring (bicyclic) bond motifs is 1. The van der Waals surface area contributed by atoms with E-state index in [-0.39, 0.29) is 11.5 Å². The number of benzene rings is 3.